The Morgan fingerprint density at radius 3 is 2.21 bits per heavy atom. The minimum atomic E-state index is -5.08. The molecule has 0 aromatic carbocycles. The molecule has 2 rings (SSSR count). The number of amides is 1. The third kappa shape index (κ3) is 5.78. The van der Waals surface area contributed by atoms with Crippen LogP contribution in [0.15, 0.2) is 5.10 Å². The Labute approximate surface area is 148 Å². The van der Waals surface area contributed by atoms with Crippen LogP contribution in [0.5, 0.6) is 0 Å². The van der Waals surface area contributed by atoms with Gasteiger partial charge in [0.2, 0.25) is 0 Å². The highest BCUT2D eigenvalue weighted by Gasteiger charge is 2.50. The van der Waals surface area contributed by atoms with Crippen molar-refractivity contribution in [3.05, 3.63) is 0 Å². The van der Waals surface area contributed by atoms with Gasteiger partial charge in [-0.25, -0.2) is 9.80 Å². The summed E-state index contributed by atoms with van der Waals surface area (Å²) in [6.07, 6.45) is -3.29. The van der Waals surface area contributed by atoms with Gasteiger partial charge in [-0.1, -0.05) is 6.92 Å². The number of hydrogen-bond acceptors (Lipinski definition) is 4. The molecule has 6 nitrogen and oxygen atoms in total. The molecule has 0 aliphatic carbocycles. The SMILES string of the molecule is CCC12CN(C)CCC1=NN(C)C2=O.ClCCl.O=C(O)C(F)(F)F. The van der Waals surface area contributed by atoms with Crippen molar-refractivity contribution in [1.82, 2.24) is 9.91 Å². The number of halogens is 5. The summed E-state index contributed by atoms with van der Waals surface area (Å²) in [5, 5.41) is 13.2. The van der Waals surface area contributed by atoms with Gasteiger partial charge < -0.3 is 10.0 Å². The fraction of sp³-hybridized carbons (Fsp3) is 0.769. The van der Waals surface area contributed by atoms with E-state index in [0.29, 0.717) is 0 Å². The van der Waals surface area contributed by atoms with E-state index in [4.69, 9.17) is 33.1 Å². The molecule has 0 radical (unpaired) electrons. The molecule has 0 saturated carbocycles. The number of alkyl halides is 5. The van der Waals surface area contributed by atoms with Crippen molar-refractivity contribution < 1.29 is 27.9 Å². The van der Waals surface area contributed by atoms with Gasteiger partial charge in [0.05, 0.1) is 11.1 Å². The zero-order chi connectivity index (χ0) is 19.1. The molecular weight excluding hydrogens is 374 g/mol. The summed E-state index contributed by atoms with van der Waals surface area (Å²) in [4.78, 5) is 23.1. The number of carboxylic acids is 1. The van der Waals surface area contributed by atoms with Crippen LogP contribution in [0.3, 0.4) is 0 Å². The molecule has 24 heavy (non-hydrogen) atoms. The van der Waals surface area contributed by atoms with E-state index in [0.717, 1.165) is 31.6 Å². The lowest BCUT2D eigenvalue weighted by Crippen LogP contribution is -2.51. The van der Waals surface area contributed by atoms with Crippen molar-refractivity contribution in [3.8, 4) is 0 Å². The summed E-state index contributed by atoms with van der Waals surface area (Å²) in [6.45, 7) is 3.92. The van der Waals surface area contributed by atoms with Crippen LogP contribution in [-0.2, 0) is 9.59 Å². The van der Waals surface area contributed by atoms with E-state index in [-0.39, 0.29) is 16.7 Å². The molecule has 140 valence electrons. The average Bonchev–Trinajstić information content (AvgIpc) is 2.72. The monoisotopic (exact) mass is 393 g/mol. The van der Waals surface area contributed by atoms with Gasteiger partial charge in [0.15, 0.2) is 0 Å². The number of nitrogens with zero attached hydrogens (tertiary/aromatic N) is 3. The minimum Gasteiger partial charge on any atom is -0.475 e. The lowest BCUT2D eigenvalue weighted by atomic mass is 9.76. The second-order valence-corrected chi connectivity index (χ2v) is 6.01. The van der Waals surface area contributed by atoms with Gasteiger partial charge in [0.25, 0.3) is 5.91 Å². The Morgan fingerprint density at radius 1 is 1.38 bits per heavy atom. The normalized spacial score (nSPS) is 23.4. The van der Waals surface area contributed by atoms with Gasteiger partial charge in [-0.2, -0.15) is 18.3 Å². The molecule has 2 aliphatic rings. The number of rotatable bonds is 1. The third-order valence-corrected chi connectivity index (χ3v) is 3.64. The molecule has 1 unspecified atom stereocenters. The summed E-state index contributed by atoms with van der Waals surface area (Å²) in [7, 11) is 3.82. The van der Waals surface area contributed by atoms with E-state index in [1.807, 2.05) is 0 Å². The Morgan fingerprint density at radius 2 is 1.83 bits per heavy atom. The highest BCUT2D eigenvalue weighted by Crippen LogP contribution is 2.36. The van der Waals surface area contributed by atoms with Gasteiger partial charge in [-0.3, -0.25) is 4.79 Å². The quantitative estimate of drug-likeness (QED) is 0.694. The number of aliphatic carboxylic acids is 1. The first-order chi connectivity index (χ1) is 11.0. The van der Waals surface area contributed by atoms with Crippen molar-refractivity contribution in [2.24, 2.45) is 10.5 Å². The lowest BCUT2D eigenvalue weighted by molar-refractivity contribution is -0.192. The minimum absolute atomic E-state index is 0.168. The molecule has 1 N–H and O–H groups in total. The molecular formula is C13H20Cl2F3N3O3. The first-order valence-electron chi connectivity index (χ1n) is 6.93. The van der Waals surface area contributed by atoms with Crippen molar-refractivity contribution in [2.45, 2.75) is 25.9 Å². The second kappa shape index (κ2) is 9.43. The number of hydrazone groups is 1. The maximum absolute atomic E-state index is 12.0. The highest BCUT2D eigenvalue weighted by molar-refractivity contribution is 6.40. The second-order valence-electron chi connectivity index (χ2n) is 5.20. The van der Waals surface area contributed by atoms with Crippen LogP contribution in [0.1, 0.15) is 19.8 Å². The molecule has 0 aromatic rings. The van der Waals surface area contributed by atoms with Crippen LogP contribution >= 0.6 is 23.2 Å². The largest absolute Gasteiger partial charge is 0.490 e. The molecule has 2 heterocycles. The molecule has 1 atom stereocenters. The van der Waals surface area contributed by atoms with E-state index in [1.54, 1.807) is 7.05 Å². The van der Waals surface area contributed by atoms with Gasteiger partial charge >= 0.3 is 12.1 Å². The predicted molar refractivity (Wildman–Crippen MR) is 85.3 cm³/mol. The van der Waals surface area contributed by atoms with Crippen LogP contribution in [0.4, 0.5) is 13.2 Å². The fourth-order valence-corrected chi connectivity index (χ4v) is 2.51. The van der Waals surface area contributed by atoms with Crippen LogP contribution in [0, 0.1) is 5.41 Å². The van der Waals surface area contributed by atoms with Crippen LogP contribution in [0.25, 0.3) is 0 Å². The van der Waals surface area contributed by atoms with Crippen LogP contribution in [0.2, 0.25) is 0 Å². The molecule has 11 heteroatoms. The number of hydrogen-bond donors (Lipinski definition) is 1. The van der Waals surface area contributed by atoms with Crippen molar-refractivity contribution in [1.29, 1.82) is 0 Å². The first kappa shape index (κ1) is 22.9. The maximum Gasteiger partial charge on any atom is 0.490 e. The number of carboxylic acid groups (broad SMARTS) is 1. The molecule has 0 spiro atoms. The zero-order valence-corrected chi connectivity index (χ0v) is 15.0. The Bertz CT molecular complexity index is 489. The van der Waals surface area contributed by atoms with E-state index in [9.17, 15) is 18.0 Å². The smallest absolute Gasteiger partial charge is 0.475 e. The van der Waals surface area contributed by atoms with Crippen molar-refractivity contribution >= 4 is 40.8 Å². The number of piperidine rings is 1. The maximum atomic E-state index is 12.0. The van der Waals surface area contributed by atoms with Gasteiger partial charge in [0, 0.05) is 26.6 Å². The first-order valence-corrected chi connectivity index (χ1v) is 7.99. The van der Waals surface area contributed by atoms with E-state index in [2.05, 4.69) is 24.0 Å². The molecule has 1 fully saturated rings. The number of likely N-dealkylation sites (tertiary alicyclic amines) is 1. The van der Waals surface area contributed by atoms with E-state index in [1.165, 1.54) is 5.01 Å². The molecule has 0 aromatic heterocycles. The standard InChI is InChI=1S/C10H17N3O.C2HF3O2.CH2Cl2/c1-4-10-7-12(2)6-5-8(10)11-13(3)9(10)14;3-2(4,5)1(6)7;2-1-3/h4-7H2,1-3H3;(H,6,7);1H2. The number of carbonyl (C=O) groups excluding carboxylic acids is 1. The summed E-state index contributed by atoms with van der Waals surface area (Å²) in [5.41, 5.74) is 0.785. The van der Waals surface area contributed by atoms with Gasteiger partial charge in [0.1, 0.15) is 5.41 Å². The van der Waals surface area contributed by atoms with Crippen LogP contribution in [-0.4, -0.2) is 71.3 Å². The third-order valence-electron chi connectivity index (χ3n) is 3.64. The Balaban J connectivity index is 0.000000448. The lowest BCUT2D eigenvalue weighted by Gasteiger charge is -2.36. The Kier molecular flexibility index (Phi) is 9.01. The van der Waals surface area contributed by atoms with Gasteiger partial charge in [-0.05, 0) is 13.5 Å². The van der Waals surface area contributed by atoms with Gasteiger partial charge in [-0.15, -0.1) is 23.2 Å². The van der Waals surface area contributed by atoms with E-state index >= 15 is 0 Å². The molecule has 1 saturated heterocycles. The summed E-state index contributed by atoms with van der Waals surface area (Å²) in [6, 6.07) is 0. The van der Waals surface area contributed by atoms with Crippen molar-refractivity contribution in [3.63, 3.8) is 0 Å². The number of carbonyl (C=O) groups is 2. The fourth-order valence-electron chi connectivity index (χ4n) is 2.51. The summed E-state index contributed by atoms with van der Waals surface area (Å²) >= 11 is 9.53. The molecule has 0 bridgehead atoms. The Hall–Kier alpha value is -1.06. The molecule has 2 aliphatic heterocycles. The molecule has 1 amide bonds. The summed E-state index contributed by atoms with van der Waals surface area (Å²) in [5.74, 6) is -2.59. The highest BCUT2D eigenvalue weighted by atomic mass is 35.5. The topological polar surface area (TPSA) is 73.2 Å². The van der Waals surface area contributed by atoms with E-state index < -0.39 is 12.1 Å². The van der Waals surface area contributed by atoms with Crippen molar-refractivity contribution in [2.75, 3.05) is 32.5 Å². The zero-order valence-electron chi connectivity index (χ0n) is 13.5. The number of fused-ring (bicyclic) bond motifs is 1. The predicted octanol–water partition coefficient (Wildman–Crippen LogP) is 2.60. The van der Waals surface area contributed by atoms with Crippen LogP contribution < -0.4 is 0 Å². The average molecular weight is 394 g/mol. The summed E-state index contributed by atoms with van der Waals surface area (Å²) < 4.78 is 31.7.